The Bertz CT molecular complexity index is 621. The lowest BCUT2D eigenvalue weighted by Crippen LogP contribution is -2.13. The highest BCUT2D eigenvalue weighted by molar-refractivity contribution is 9.10. The fraction of sp³-hybridized carbons (Fsp3) is 0.250. The van der Waals surface area contributed by atoms with Gasteiger partial charge < -0.3 is 10.1 Å². The first-order valence-electron chi connectivity index (χ1n) is 6.66. The lowest BCUT2D eigenvalue weighted by Gasteiger charge is -2.14. The van der Waals surface area contributed by atoms with Gasteiger partial charge in [0.25, 0.3) is 0 Å². The minimum absolute atomic E-state index is 0.281. The van der Waals surface area contributed by atoms with Gasteiger partial charge in [-0.1, -0.05) is 52.7 Å². The standard InChI is InChI=1S/C16H16BrClFNO/c1-2-20-9-11-4-3-5-15(18)16(11)21-10-12-6-7-13(19)8-14(12)17/h3-8,20H,2,9-10H2,1H3. The number of ether oxygens (including phenoxy) is 1. The van der Waals surface area contributed by atoms with Gasteiger partial charge in [0, 0.05) is 22.1 Å². The van der Waals surface area contributed by atoms with Crippen LogP contribution in [0.2, 0.25) is 5.02 Å². The maximum Gasteiger partial charge on any atom is 0.142 e. The zero-order valence-electron chi connectivity index (χ0n) is 11.6. The number of rotatable bonds is 6. The summed E-state index contributed by atoms with van der Waals surface area (Å²) in [6.07, 6.45) is 0. The zero-order chi connectivity index (χ0) is 15.2. The van der Waals surface area contributed by atoms with Crippen LogP contribution in [-0.4, -0.2) is 6.54 Å². The van der Waals surface area contributed by atoms with Crippen molar-refractivity contribution in [3.8, 4) is 5.75 Å². The lowest BCUT2D eigenvalue weighted by atomic mass is 10.2. The molecule has 112 valence electrons. The van der Waals surface area contributed by atoms with E-state index in [-0.39, 0.29) is 5.82 Å². The van der Waals surface area contributed by atoms with Crippen LogP contribution in [0.25, 0.3) is 0 Å². The van der Waals surface area contributed by atoms with E-state index in [2.05, 4.69) is 21.2 Å². The second kappa shape index (κ2) is 7.78. The summed E-state index contributed by atoms with van der Waals surface area (Å²) in [6, 6.07) is 10.2. The minimum Gasteiger partial charge on any atom is -0.487 e. The van der Waals surface area contributed by atoms with Gasteiger partial charge in [0.1, 0.15) is 18.2 Å². The number of nitrogens with one attached hydrogen (secondary N) is 1. The van der Waals surface area contributed by atoms with Crippen LogP contribution in [-0.2, 0) is 13.2 Å². The molecule has 0 aromatic heterocycles. The van der Waals surface area contributed by atoms with Crippen molar-refractivity contribution in [1.82, 2.24) is 5.32 Å². The topological polar surface area (TPSA) is 21.3 Å². The molecule has 0 aliphatic rings. The van der Waals surface area contributed by atoms with Gasteiger partial charge >= 0.3 is 0 Å². The molecule has 5 heteroatoms. The third-order valence-electron chi connectivity index (χ3n) is 3.00. The highest BCUT2D eigenvalue weighted by Crippen LogP contribution is 2.30. The van der Waals surface area contributed by atoms with E-state index in [1.807, 2.05) is 19.1 Å². The van der Waals surface area contributed by atoms with E-state index in [4.69, 9.17) is 16.3 Å². The average molecular weight is 373 g/mol. The zero-order valence-corrected chi connectivity index (χ0v) is 14.0. The average Bonchev–Trinajstić information content (AvgIpc) is 2.45. The van der Waals surface area contributed by atoms with Gasteiger partial charge in [-0.3, -0.25) is 0 Å². The van der Waals surface area contributed by atoms with Crippen molar-refractivity contribution in [3.05, 3.63) is 62.8 Å². The molecule has 0 aliphatic heterocycles. The Morgan fingerprint density at radius 2 is 2.05 bits per heavy atom. The van der Waals surface area contributed by atoms with Gasteiger partial charge in [-0.05, 0) is 24.7 Å². The van der Waals surface area contributed by atoms with Gasteiger partial charge in [0.15, 0.2) is 0 Å². The van der Waals surface area contributed by atoms with Gasteiger partial charge in [0.2, 0.25) is 0 Å². The van der Waals surface area contributed by atoms with Crippen LogP contribution >= 0.6 is 27.5 Å². The quantitative estimate of drug-likeness (QED) is 0.776. The Morgan fingerprint density at radius 1 is 1.24 bits per heavy atom. The Morgan fingerprint density at radius 3 is 2.76 bits per heavy atom. The third kappa shape index (κ3) is 4.43. The van der Waals surface area contributed by atoms with Crippen molar-refractivity contribution < 1.29 is 9.13 Å². The van der Waals surface area contributed by atoms with Crippen LogP contribution in [0.5, 0.6) is 5.75 Å². The summed E-state index contributed by atoms with van der Waals surface area (Å²) in [6.45, 7) is 3.93. The van der Waals surface area contributed by atoms with Gasteiger partial charge in [0.05, 0.1) is 5.02 Å². The molecule has 2 rings (SSSR count). The third-order valence-corrected chi connectivity index (χ3v) is 4.04. The second-order valence-electron chi connectivity index (χ2n) is 4.53. The van der Waals surface area contributed by atoms with Crippen molar-refractivity contribution in [2.24, 2.45) is 0 Å². The molecular formula is C16H16BrClFNO. The molecule has 0 radical (unpaired) electrons. The van der Waals surface area contributed by atoms with Crippen LogP contribution in [0.15, 0.2) is 40.9 Å². The fourth-order valence-electron chi connectivity index (χ4n) is 1.90. The molecule has 2 aromatic rings. The smallest absolute Gasteiger partial charge is 0.142 e. The maximum atomic E-state index is 13.1. The lowest BCUT2D eigenvalue weighted by molar-refractivity contribution is 0.301. The van der Waals surface area contributed by atoms with Crippen molar-refractivity contribution in [2.45, 2.75) is 20.1 Å². The highest BCUT2D eigenvalue weighted by Gasteiger charge is 2.10. The van der Waals surface area contributed by atoms with Crippen LogP contribution in [0.1, 0.15) is 18.1 Å². The Labute approximate surface area is 137 Å². The second-order valence-corrected chi connectivity index (χ2v) is 5.79. The van der Waals surface area contributed by atoms with E-state index in [1.54, 1.807) is 12.1 Å². The van der Waals surface area contributed by atoms with E-state index in [9.17, 15) is 4.39 Å². The molecule has 2 aromatic carbocycles. The normalized spacial score (nSPS) is 10.7. The molecule has 0 bridgehead atoms. The summed E-state index contributed by atoms with van der Waals surface area (Å²) in [7, 11) is 0. The monoisotopic (exact) mass is 371 g/mol. The Kier molecular flexibility index (Phi) is 6.03. The van der Waals surface area contributed by atoms with Crippen LogP contribution in [0.3, 0.4) is 0 Å². The molecule has 0 amide bonds. The predicted molar refractivity (Wildman–Crippen MR) is 87.3 cm³/mol. The highest BCUT2D eigenvalue weighted by atomic mass is 79.9. The molecule has 21 heavy (non-hydrogen) atoms. The number of hydrogen-bond acceptors (Lipinski definition) is 2. The van der Waals surface area contributed by atoms with E-state index in [1.165, 1.54) is 12.1 Å². The molecule has 0 saturated carbocycles. The molecule has 0 aliphatic carbocycles. The molecular weight excluding hydrogens is 357 g/mol. The molecule has 0 heterocycles. The van der Waals surface area contributed by atoms with Crippen molar-refractivity contribution >= 4 is 27.5 Å². The molecule has 0 fully saturated rings. The fourth-order valence-corrected chi connectivity index (χ4v) is 2.62. The summed E-state index contributed by atoms with van der Waals surface area (Å²) in [5.41, 5.74) is 1.87. The number of para-hydroxylation sites is 1. The van der Waals surface area contributed by atoms with E-state index < -0.39 is 0 Å². The van der Waals surface area contributed by atoms with Gasteiger partial charge in [-0.25, -0.2) is 4.39 Å². The molecule has 1 N–H and O–H groups in total. The first kappa shape index (κ1) is 16.3. The van der Waals surface area contributed by atoms with E-state index >= 15 is 0 Å². The molecule has 0 unspecified atom stereocenters. The van der Waals surface area contributed by atoms with Crippen molar-refractivity contribution in [3.63, 3.8) is 0 Å². The summed E-state index contributed by atoms with van der Waals surface area (Å²) < 4.78 is 19.6. The predicted octanol–water partition coefficient (Wildman–Crippen LogP) is 4.93. The number of benzene rings is 2. The summed E-state index contributed by atoms with van der Waals surface area (Å²) in [5.74, 6) is 0.382. The van der Waals surface area contributed by atoms with Gasteiger partial charge in [-0.15, -0.1) is 0 Å². The van der Waals surface area contributed by atoms with Gasteiger partial charge in [-0.2, -0.15) is 0 Å². The summed E-state index contributed by atoms with van der Waals surface area (Å²) in [5, 5.41) is 3.82. The first-order valence-corrected chi connectivity index (χ1v) is 7.83. The number of halogens is 3. The first-order chi connectivity index (χ1) is 10.1. The molecule has 0 spiro atoms. The largest absolute Gasteiger partial charge is 0.487 e. The Balaban J connectivity index is 2.15. The minimum atomic E-state index is -0.281. The van der Waals surface area contributed by atoms with Crippen molar-refractivity contribution in [1.29, 1.82) is 0 Å². The number of hydrogen-bond donors (Lipinski definition) is 1. The van der Waals surface area contributed by atoms with Crippen LogP contribution in [0, 0.1) is 5.82 Å². The van der Waals surface area contributed by atoms with Crippen LogP contribution in [0.4, 0.5) is 4.39 Å². The summed E-state index contributed by atoms with van der Waals surface area (Å²) >= 11 is 9.55. The van der Waals surface area contributed by atoms with Crippen LogP contribution < -0.4 is 10.1 Å². The molecule has 0 saturated heterocycles. The van der Waals surface area contributed by atoms with E-state index in [0.29, 0.717) is 28.4 Å². The Hall–Kier alpha value is -1.10. The molecule has 2 nitrogen and oxygen atoms in total. The SMILES string of the molecule is CCNCc1cccc(Cl)c1OCc1ccc(F)cc1Br. The van der Waals surface area contributed by atoms with E-state index in [0.717, 1.165) is 17.7 Å². The maximum absolute atomic E-state index is 13.1. The molecule has 0 atom stereocenters. The summed E-state index contributed by atoms with van der Waals surface area (Å²) in [4.78, 5) is 0. The van der Waals surface area contributed by atoms with Crippen molar-refractivity contribution in [2.75, 3.05) is 6.54 Å².